The van der Waals surface area contributed by atoms with Crippen LogP contribution in [0.3, 0.4) is 0 Å². The van der Waals surface area contributed by atoms with Crippen molar-refractivity contribution in [1.29, 1.82) is 0 Å². The number of aryl methyl sites for hydroxylation is 1. The van der Waals surface area contributed by atoms with E-state index in [1.54, 1.807) is 12.1 Å². The van der Waals surface area contributed by atoms with Gasteiger partial charge >= 0.3 is 0 Å². The number of hydrogen-bond donors (Lipinski definition) is 2. The normalized spacial score (nSPS) is 15.3. The first-order valence-electron chi connectivity index (χ1n) is 4.90. The fourth-order valence-corrected chi connectivity index (χ4v) is 1.67. The van der Waals surface area contributed by atoms with E-state index in [1.165, 1.54) is 6.07 Å². The molecule has 82 valence electrons. The zero-order valence-electron chi connectivity index (χ0n) is 8.65. The van der Waals surface area contributed by atoms with Crippen LogP contribution in [-0.2, 0) is 6.42 Å². The molecule has 0 saturated carbocycles. The highest BCUT2D eigenvalue weighted by Gasteiger charge is 2.32. The quantitative estimate of drug-likeness (QED) is 0.755. The predicted molar refractivity (Wildman–Crippen MR) is 56.8 cm³/mol. The van der Waals surface area contributed by atoms with Crippen molar-refractivity contribution in [2.45, 2.75) is 13.3 Å². The average Bonchev–Trinajstić information content (AvgIpc) is 2.33. The Hall–Kier alpha value is -2.10. The fraction of sp³-hybridized carbons (Fsp3) is 0.167. The van der Waals surface area contributed by atoms with Gasteiger partial charge in [-0.05, 0) is 24.1 Å². The van der Waals surface area contributed by atoms with Crippen LogP contribution in [0.2, 0.25) is 0 Å². The third-order valence-corrected chi connectivity index (χ3v) is 2.64. The Kier molecular flexibility index (Phi) is 2.27. The van der Waals surface area contributed by atoms with Crippen molar-refractivity contribution in [3.05, 3.63) is 46.4 Å². The van der Waals surface area contributed by atoms with Gasteiger partial charge in [0.05, 0.1) is 0 Å². The van der Waals surface area contributed by atoms with Gasteiger partial charge in [0.1, 0.15) is 0 Å². The third-order valence-electron chi connectivity index (χ3n) is 2.64. The first kappa shape index (κ1) is 10.4. The Morgan fingerprint density at radius 1 is 1.00 bits per heavy atom. The van der Waals surface area contributed by atoms with Crippen LogP contribution in [0.5, 0.6) is 0 Å². The van der Waals surface area contributed by atoms with E-state index in [1.807, 2.05) is 6.92 Å². The van der Waals surface area contributed by atoms with Gasteiger partial charge in [-0.1, -0.05) is 13.0 Å². The molecule has 0 unspecified atom stereocenters. The molecule has 0 spiro atoms. The van der Waals surface area contributed by atoms with Crippen LogP contribution in [0.4, 0.5) is 0 Å². The molecular weight excluding hydrogens is 208 g/mol. The molecule has 0 radical (unpaired) electrons. The smallest absolute Gasteiger partial charge is 0.232 e. The Balaban J connectivity index is 2.67. The molecule has 0 fully saturated rings. The number of rotatable bonds is 1. The Bertz CT molecular complexity index is 526. The highest BCUT2D eigenvalue weighted by Crippen LogP contribution is 2.24. The molecule has 0 amide bonds. The zero-order valence-corrected chi connectivity index (χ0v) is 8.65. The van der Waals surface area contributed by atoms with Gasteiger partial charge in [-0.15, -0.1) is 0 Å². The van der Waals surface area contributed by atoms with Gasteiger partial charge < -0.3 is 10.2 Å². The Morgan fingerprint density at radius 3 is 2.12 bits per heavy atom. The molecule has 0 bridgehead atoms. The van der Waals surface area contributed by atoms with Crippen LogP contribution in [0.15, 0.2) is 29.7 Å². The number of carbonyl (C=O) groups is 2. The summed E-state index contributed by atoms with van der Waals surface area (Å²) in [5, 5.41) is 18.5. The molecule has 0 aliphatic heterocycles. The number of hydrogen-bond acceptors (Lipinski definition) is 4. The van der Waals surface area contributed by atoms with Crippen molar-refractivity contribution in [2.24, 2.45) is 0 Å². The standard InChI is InChI=1S/C12H10O4/c1-2-6-3-4-7-8(5-6)10(14)12(16)11(15)9(7)13/h3-5,15-16H,2H2,1H3. The summed E-state index contributed by atoms with van der Waals surface area (Å²) in [6.45, 7) is 1.92. The molecule has 2 rings (SSSR count). The second-order valence-electron chi connectivity index (χ2n) is 3.59. The molecule has 1 aromatic carbocycles. The van der Waals surface area contributed by atoms with E-state index in [9.17, 15) is 19.8 Å². The third kappa shape index (κ3) is 1.31. The average molecular weight is 218 g/mol. The summed E-state index contributed by atoms with van der Waals surface area (Å²) >= 11 is 0. The highest BCUT2D eigenvalue weighted by molar-refractivity contribution is 6.25. The second kappa shape index (κ2) is 3.48. The van der Waals surface area contributed by atoms with Crippen molar-refractivity contribution >= 4 is 11.6 Å². The number of allylic oxidation sites excluding steroid dienone is 2. The van der Waals surface area contributed by atoms with Gasteiger partial charge in [-0.3, -0.25) is 9.59 Å². The van der Waals surface area contributed by atoms with Crippen molar-refractivity contribution in [1.82, 2.24) is 0 Å². The molecule has 1 aliphatic rings. The van der Waals surface area contributed by atoms with E-state index in [0.29, 0.717) is 0 Å². The molecule has 4 heteroatoms. The topological polar surface area (TPSA) is 74.6 Å². The first-order valence-corrected chi connectivity index (χ1v) is 4.90. The summed E-state index contributed by atoms with van der Waals surface area (Å²) in [6.07, 6.45) is 0.727. The monoisotopic (exact) mass is 218 g/mol. The van der Waals surface area contributed by atoms with E-state index in [-0.39, 0.29) is 11.1 Å². The number of ketones is 2. The fourth-order valence-electron chi connectivity index (χ4n) is 1.67. The largest absolute Gasteiger partial charge is 0.501 e. The van der Waals surface area contributed by atoms with E-state index in [0.717, 1.165) is 12.0 Å². The van der Waals surface area contributed by atoms with Crippen molar-refractivity contribution in [3.8, 4) is 0 Å². The SMILES string of the molecule is CCc1ccc2c(c1)C(=O)C(O)=C(O)C2=O. The summed E-state index contributed by atoms with van der Waals surface area (Å²) in [6, 6.07) is 4.79. The minimum Gasteiger partial charge on any atom is -0.501 e. The lowest BCUT2D eigenvalue weighted by Crippen LogP contribution is -2.22. The van der Waals surface area contributed by atoms with Gasteiger partial charge in [0.15, 0.2) is 0 Å². The molecule has 0 saturated heterocycles. The van der Waals surface area contributed by atoms with Gasteiger partial charge in [-0.25, -0.2) is 0 Å². The van der Waals surface area contributed by atoms with E-state index >= 15 is 0 Å². The zero-order chi connectivity index (χ0) is 11.9. The van der Waals surface area contributed by atoms with Crippen LogP contribution in [0.1, 0.15) is 33.2 Å². The van der Waals surface area contributed by atoms with Crippen LogP contribution in [-0.4, -0.2) is 21.8 Å². The lowest BCUT2D eigenvalue weighted by molar-refractivity contribution is 0.0881. The lowest BCUT2D eigenvalue weighted by Gasteiger charge is -2.14. The van der Waals surface area contributed by atoms with Gasteiger partial charge in [0, 0.05) is 11.1 Å². The minimum atomic E-state index is -0.873. The molecule has 0 atom stereocenters. The summed E-state index contributed by atoms with van der Waals surface area (Å²) < 4.78 is 0. The van der Waals surface area contributed by atoms with Gasteiger partial charge in [0.25, 0.3) is 0 Å². The summed E-state index contributed by atoms with van der Waals surface area (Å²) in [4.78, 5) is 23.2. The van der Waals surface area contributed by atoms with E-state index in [4.69, 9.17) is 0 Å². The lowest BCUT2D eigenvalue weighted by atomic mass is 9.90. The molecule has 4 nitrogen and oxygen atoms in total. The van der Waals surface area contributed by atoms with E-state index in [2.05, 4.69) is 0 Å². The maximum atomic E-state index is 11.6. The van der Waals surface area contributed by atoms with Gasteiger partial charge in [-0.2, -0.15) is 0 Å². The Labute approximate surface area is 91.8 Å². The van der Waals surface area contributed by atoms with Crippen LogP contribution in [0.25, 0.3) is 0 Å². The summed E-state index contributed by atoms with van der Waals surface area (Å²) in [7, 11) is 0. The van der Waals surface area contributed by atoms with Gasteiger partial charge in [0.2, 0.25) is 23.1 Å². The molecule has 1 aromatic rings. The molecule has 1 aliphatic carbocycles. The summed E-state index contributed by atoms with van der Waals surface area (Å²) in [5.74, 6) is -3.16. The second-order valence-corrected chi connectivity index (χ2v) is 3.59. The number of benzene rings is 1. The van der Waals surface area contributed by atoms with Crippen molar-refractivity contribution in [3.63, 3.8) is 0 Å². The van der Waals surface area contributed by atoms with Crippen molar-refractivity contribution in [2.75, 3.05) is 0 Å². The van der Waals surface area contributed by atoms with E-state index < -0.39 is 23.1 Å². The predicted octanol–water partition coefficient (Wildman–Crippen LogP) is 1.96. The molecule has 16 heavy (non-hydrogen) atoms. The van der Waals surface area contributed by atoms with Crippen molar-refractivity contribution < 1.29 is 19.8 Å². The molecule has 0 heterocycles. The number of aliphatic hydroxyl groups excluding tert-OH is 2. The van der Waals surface area contributed by atoms with Crippen LogP contribution < -0.4 is 0 Å². The first-order chi connectivity index (χ1) is 7.56. The number of fused-ring (bicyclic) bond motifs is 1. The molecular formula is C12H10O4. The highest BCUT2D eigenvalue weighted by atomic mass is 16.3. The van der Waals surface area contributed by atoms with Crippen LogP contribution in [0, 0.1) is 0 Å². The Morgan fingerprint density at radius 2 is 1.56 bits per heavy atom. The molecule has 2 N–H and O–H groups in total. The molecule has 0 aromatic heterocycles. The van der Waals surface area contributed by atoms with Crippen LogP contribution >= 0.6 is 0 Å². The summed E-state index contributed by atoms with van der Waals surface area (Å²) in [5.41, 5.74) is 1.19. The maximum Gasteiger partial charge on any atom is 0.232 e. The number of Topliss-reactive ketones (excluding diaryl/α,β-unsaturated/α-hetero) is 2. The number of carbonyl (C=O) groups excluding carboxylic acids is 2. The minimum absolute atomic E-state index is 0.137. The maximum absolute atomic E-state index is 11.6. The number of aliphatic hydroxyl groups is 2.